The van der Waals surface area contributed by atoms with Gasteiger partial charge < -0.3 is 10.6 Å². The van der Waals surface area contributed by atoms with Crippen LogP contribution in [-0.2, 0) is 15.0 Å². The third-order valence-corrected chi connectivity index (χ3v) is 4.20. The molecule has 1 aromatic heterocycles. The van der Waals surface area contributed by atoms with Crippen molar-refractivity contribution in [2.75, 3.05) is 11.9 Å². The number of hydrogen-bond acceptors (Lipinski definition) is 3. The molecule has 0 aliphatic carbocycles. The van der Waals surface area contributed by atoms with Crippen molar-refractivity contribution in [1.82, 2.24) is 15.1 Å². The van der Waals surface area contributed by atoms with Crippen LogP contribution in [0.3, 0.4) is 0 Å². The number of nitrogens with zero attached hydrogens (tertiary/aromatic N) is 2. The second-order valence-corrected chi connectivity index (χ2v) is 6.16. The van der Waals surface area contributed by atoms with Crippen molar-refractivity contribution in [2.24, 2.45) is 0 Å². The third kappa shape index (κ3) is 2.84. The van der Waals surface area contributed by atoms with E-state index in [1.165, 1.54) is 0 Å². The summed E-state index contributed by atoms with van der Waals surface area (Å²) in [5.74, 6) is -0.299. The first-order valence-corrected chi connectivity index (χ1v) is 7.69. The lowest BCUT2D eigenvalue weighted by Crippen LogP contribution is -2.42. The van der Waals surface area contributed by atoms with Gasteiger partial charge in [-0.3, -0.25) is 14.3 Å². The maximum absolute atomic E-state index is 12.9. The lowest BCUT2D eigenvalue weighted by Gasteiger charge is -2.26. The number of anilines is 1. The Balaban J connectivity index is 1.88. The zero-order valence-electron chi connectivity index (χ0n) is 13.2. The van der Waals surface area contributed by atoms with Crippen molar-refractivity contribution in [3.63, 3.8) is 0 Å². The van der Waals surface area contributed by atoms with Gasteiger partial charge in [0.1, 0.15) is 5.41 Å². The van der Waals surface area contributed by atoms with Crippen LogP contribution in [0, 0.1) is 0 Å². The van der Waals surface area contributed by atoms with Gasteiger partial charge >= 0.3 is 0 Å². The molecule has 1 aromatic carbocycles. The summed E-state index contributed by atoms with van der Waals surface area (Å²) in [5.41, 5.74) is 0.601. The smallest absolute Gasteiger partial charge is 0.237 e. The highest BCUT2D eigenvalue weighted by atomic mass is 16.2. The van der Waals surface area contributed by atoms with Gasteiger partial charge in [0.05, 0.1) is 11.9 Å². The van der Waals surface area contributed by atoms with E-state index in [1.54, 1.807) is 17.1 Å². The van der Waals surface area contributed by atoms with E-state index in [2.05, 4.69) is 15.7 Å². The quantitative estimate of drug-likeness (QED) is 0.905. The van der Waals surface area contributed by atoms with Crippen molar-refractivity contribution in [1.29, 1.82) is 0 Å². The molecule has 0 spiro atoms. The molecule has 0 saturated carbocycles. The van der Waals surface area contributed by atoms with Crippen LogP contribution in [-0.4, -0.2) is 28.1 Å². The number of rotatable bonds is 4. The zero-order chi connectivity index (χ0) is 16.4. The van der Waals surface area contributed by atoms with E-state index in [-0.39, 0.29) is 24.3 Å². The van der Waals surface area contributed by atoms with Crippen molar-refractivity contribution in [3.8, 4) is 0 Å². The molecule has 0 radical (unpaired) electrons. The third-order valence-electron chi connectivity index (χ3n) is 4.20. The Morgan fingerprint density at radius 2 is 2.09 bits per heavy atom. The van der Waals surface area contributed by atoms with Crippen LogP contribution >= 0.6 is 0 Å². The van der Waals surface area contributed by atoms with Gasteiger partial charge in [0.15, 0.2) is 0 Å². The van der Waals surface area contributed by atoms with E-state index >= 15 is 0 Å². The van der Waals surface area contributed by atoms with Crippen molar-refractivity contribution in [2.45, 2.75) is 31.7 Å². The van der Waals surface area contributed by atoms with Crippen molar-refractivity contribution in [3.05, 3.63) is 48.3 Å². The first kappa shape index (κ1) is 15.3. The number of aromatic nitrogens is 2. The van der Waals surface area contributed by atoms with Crippen molar-refractivity contribution < 1.29 is 9.59 Å². The van der Waals surface area contributed by atoms with Gasteiger partial charge in [0.25, 0.3) is 0 Å². The van der Waals surface area contributed by atoms with E-state index in [9.17, 15) is 9.59 Å². The van der Waals surface area contributed by atoms with Gasteiger partial charge in [-0.15, -0.1) is 0 Å². The fraction of sp³-hybridized carbons (Fsp3) is 0.353. The van der Waals surface area contributed by atoms with E-state index in [0.29, 0.717) is 12.2 Å². The summed E-state index contributed by atoms with van der Waals surface area (Å²) in [6, 6.07) is 9.65. The molecule has 2 heterocycles. The highest BCUT2D eigenvalue weighted by molar-refractivity contribution is 6.04. The Morgan fingerprint density at radius 1 is 1.35 bits per heavy atom. The summed E-state index contributed by atoms with van der Waals surface area (Å²) in [7, 11) is 0. The van der Waals surface area contributed by atoms with E-state index in [4.69, 9.17) is 0 Å². The van der Waals surface area contributed by atoms with Crippen LogP contribution in [0.1, 0.15) is 31.9 Å². The molecule has 1 aliphatic heterocycles. The van der Waals surface area contributed by atoms with Gasteiger partial charge in [-0.25, -0.2) is 0 Å². The second-order valence-electron chi connectivity index (χ2n) is 6.16. The molecule has 1 unspecified atom stereocenters. The molecule has 1 aliphatic rings. The summed E-state index contributed by atoms with van der Waals surface area (Å²) in [6.45, 7) is 4.34. The standard InChI is InChI=1S/C17H20N4O2/c1-12(2)21-10-14(9-19-21)20-16(23)17(8-15(22)18-11-17)13-6-4-3-5-7-13/h3-7,9-10,12H,8,11H2,1-2H3,(H,18,22)(H,20,23). The van der Waals surface area contributed by atoms with Crippen molar-refractivity contribution >= 4 is 17.5 Å². The minimum atomic E-state index is -0.877. The summed E-state index contributed by atoms with van der Waals surface area (Å²) in [6.07, 6.45) is 3.58. The fourth-order valence-electron chi connectivity index (χ4n) is 2.84. The predicted octanol–water partition coefficient (Wildman–Crippen LogP) is 1.86. The number of benzene rings is 1. The van der Waals surface area contributed by atoms with Gasteiger partial charge in [-0.05, 0) is 19.4 Å². The maximum atomic E-state index is 12.9. The van der Waals surface area contributed by atoms with E-state index in [1.807, 2.05) is 44.2 Å². The average molecular weight is 312 g/mol. The molecule has 6 nitrogen and oxygen atoms in total. The summed E-state index contributed by atoms with van der Waals surface area (Å²) in [5, 5.41) is 9.91. The Morgan fingerprint density at radius 3 is 2.65 bits per heavy atom. The minimum absolute atomic E-state index is 0.109. The molecule has 1 atom stereocenters. The lowest BCUT2D eigenvalue weighted by atomic mass is 9.78. The molecule has 23 heavy (non-hydrogen) atoms. The Kier molecular flexibility index (Phi) is 3.90. The number of hydrogen-bond donors (Lipinski definition) is 2. The molecule has 2 N–H and O–H groups in total. The van der Waals surface area contributed by atoms with Gasteiger partial charge in [0, 0.05) is 25.2 Å². The van der Waals surface area contributed by atoms with Crippen LogP contribution in [0.5, 0.6) is 0 Å². The topological polar surface area (TPSA) is 76.0 Å². The SMILES string of the molecule is CC(C)n1cc(NC(=O)C2(c3ccccc3)CNC(=O)C2)cn1. The van der Waals surface area contributed by atoms with Gasteiger partial charge in [-0.2, -0.15) is 5.10 Å². The lowest BCUT2D eigenvalue weighted by molar-refractivity contribution is -0.124. The first-order chi connectivity index (χ1) is 11.0. The maximum Gasteiger partial charge on any atom is 0.237 e. The molecule has 1 saturated heterocycles. The summed E-state index contributed by atoms with van der Waals surface area (Å²) in [4.78, 5) is 24.7. The van der Waals surface area contributed by atoms with Crippen LogP contribution in [0.15, 0.2) is 42.7 Å². The molecular weight excluding hydrogens is 292 g/mol. The molecule has 2 aromatic rings. The summed E-state index contributed by atoms with van der Waals surface area (Å²) < 4.78 is 1.78. The van der Waals surface area contributed by atoms with Gasteiger partial charge in [-0.1, -0.05) is 30.3 Å². The monoisotopic (exact) mass is 312 g/mol. The number of nitrogens with one attached hydrogen (secondary N) is 2. The molecule has 0 bridgehead atoms. The average Bonchev–Trinajstić information content (AvgIpc) is 3.16. The molecule has 2 amide bonds. The molecule has 6 heteroatoms. The second kappa shape index (κ2) is 5.87. The van der Waals surface area contributed by atoms with Crippen LogP contribution in [0.2, 0.25) is 0 Å². The first-order valence-electron chi connectivity index (χ1n) is 7.69. The highest BCUT2D eigenvalue weighted by Gasteiger charge is 2.46. The number of carbonyl (C=O) groups is 2. The van der Waals surface area contributed by atoms with Gasteiger partial charge in [0.2, 0.25) is 11.8 Å². The fourth-order valence-corrected chi connectivity index (χ4v) is 2.84. The predicted molar refractivity (Wildman–Crippen MR) is 87.0 cm³/mol. The Bertz CT molecular complexity index is 723. The normalized spacial score (nSPS) is 20.6. The van der Waals surface area contributed by atoms with Crippen LogP contribution in [0.25, 0.3) is 0 Å². The Hall–Kier alpha value is -2.63. The molecule has 1 fully saturated rings. The number of amides is 2. The Labute approximate surface area is 134 Å². The zero-order valence-corrected chi connectivity index (χ0v) is 13.2. The summed E-state index contributed by atoms with van der Waals surface area (Å²) >= 11 is 0. The van der Waals surface area contributed by atoms with Crippen LogP contribution in [0.4, 0.5) is 5.69 Å². The minimum Gasteiger partial charge on any atom is -0.355 e. The molecule has 120 valence electrons. The van der Waals surface area contributed by atoms with E-state index < -0.39 is 5.41 Å². The largest absolute Gasteiger partial charge is 0.355 e. The highest BCUT2D eigenvalue weighted by Crippen LogP contribution is 2.32. The van der Waals surface area contributed by atoms with Crippen LogP contribution < -0.4 is 10.6 Å². The van der Waals surface area contributed by atoms with E-state index in [0.717, 1.165) is 5.56 Å². The number of carbonyl (C=O) groups excluding carboxylic acids is 2. The molecule has 3 rings (SSSR count). The molecular formula is C17H20N4O2.